The van der Waals surface area contributed by atoms with Crippen LogP contribution in [0.4, 0.5) is 24.8 Å². The number of benzene rings is 2. The first kappa shape index (κ1) is 26.2. The minimum absolute atomic E-state index is 0.0451. The van der Waals surface area contributed by atoms with Crippen molar-refractivity contribution in [2.45, 2.75) is 65.2 Å². The fraction of sp³-hybridized carbons (Fsp3) is 0.464. The van der Waals surface area contributed by atoms with E-state index in [1.807, 2.05) is 50.6 Å². The smallest absolute Gasteiger partial charge is 0.345 e. The van der Waals surface area contributed by atoms with Gasteiger partial charge in [-0.3, -0.25) is 9.69 Å². The van der Waals surface area contributed by atoms with Crippen LogP contribution < -0.4 is 10.6 Å². The number of aromatic nitrogens is 3. The van der Waals surface area contributed by atoms with Gasteiger partial charge in [-0.2, -0.15) is 18.2 Å². The number of hydrogen-bond acceptors (Lipinski definition) is 5. The second-order valence-corrected chi connectivity index (χ2v) is 10.4. The molecule has 2 aromatic carbocycles. The molecule has 7 nitrogen and oxygen atoms in total. The number of carbonyl (C=O) groups excluding carboxylic acids is 1. The van der Waals surface area contributed by atoms with Crippen molar-refractivity contribution in [2.24, 2.45) is 0 Å². The third kappa shape index (κ3) is 5.27. The Morgan fingerprint density at radius 2 is 1.82 bits per heavy atom. The van der Waals surface area contributed by atoms with Crippen LogP contribution >= 0.6 is 0 Å². The van der Waals surface area contributed by atoms with E-state index in [4.69, 9.17) is 10.1 Å². The van der Waals surface area contributed by atoms with Crippen LogP contribution in [0.1, 0.15) is 71.3 Å². The molecule has 0 saturated carbocycles. The summed E-state index contributed by atoms with van der Waals surface area (Å²) in [5.74, 6) is 1.43. The van der Waals surface area contributed by atoms with Gasteiger partial charge in [0.25, 0.3) is 5.91 Å². The first-order valence-corrected chi connectivity index (χ1v) is 13.1. The molecule has 1 unspecified atom stereocenters. The third-order valence-corrected chi connectivity index (χ3v) is 7.63. The van der Waals surface area contributed by atoms with Crippen molar-refractivity contribution < 1.29 is 18.0 Å². The monoisotopic (exact) mass is 526 g/mol. The number of aryl methyl sites for hydroxylation is 3. The second-order valence-electron chi connectivity index (χ2n) is 10.4. The molecule has 2 aliphatic rings. The molecule has 0 radical (unpaired) electrons. The number of halogens is 3. The Morgan fingerprint density at radius 3 is 2.47 bits per heavy atom. The van der Waals surface area contributed by atoms with Crippen molar-refractivity contribution in [1.29, 1.82) is 0 Å². The number of carbonyl (C=O) groups is 1. The molecule has 3 aromatic rings. The van der Waals surface area contributed by atoms with Gasteiger partial charge < -0.3 is 10.6 Å². The lowest BCUT2D eigenvalue weighted by Crippen LogP contribution is -2.39. The van der Waals surface area contributed by atoms with Gasteiger partial charge in [0, 0.05) is 23.4 Å². The van der Waals surface area contributed by atoms with E-state index in [0.29, 0.717) is 49.8 Å². The number of fused-ring (bicyclic) bond motifs is 1. The third-order valence-electron chi connectivity index (χ3n) is 7.63. The Hall–Kier alpha value is -3.40. The summed E-state index contributed by atoms with van der Waals surface area (Å²) >= 11 is 0. The van der Waals surface area contributed by atoms with Crippen LogP contribution in [0, 0.1) is 13.8 Å². The Bertz CT molecular complexity index is 1360. The van der Waals surface area contributed by atoms with Gasteiger partial charge in [-0.25, -0.2) is 4.68 Å². The average Bonchev–Trinajstić information content (AvgIpc) is 3.38. The van der Waals surface area contributed by atoms with E-state index < -0.39 is 12.7 Å². The molecule has 202 valence electrons. The van der Waals surface area contributed by atoms with Gasteiger partial charge in [0.1, 0.15) is 0 Å². The molecule has 5 rings (SSSR count). The molecule has 0 bridgehead atoms. The molecule has 2 N–H and O–H groups in total. The van der Waals surface area contributed by atoms with Crippen molar-refractivity contribution in [3.63, 3.8) is 0 Å². The lowest BCUT2D eigenvalue weighted by atomic mass is 9.87. The highest BCUT2D eigenvalue weighted by Crippen LogP contribution is 2.34. The summed E-state index contributed by atoms with van der Waals surface area (Å²) in [4.78, 5) is 18.5. The normalized spacial score (nSPS) is 18.5. The average molecular weight is 527 g/mol. The predicted octanol–water partition coefficient (Wildman–Crippen LogP) is 5.87. The summed E-state index contributed by atoms with van der Waals surface area (Å²) in [5, 5.41) is 11.1. The highest BCUT2D eigenvalue weighted by atomic mass is 19.4. The first-order valence-electron chi connectivity index (χ1n) is 13.1. The zero-order valence-electron chi connectivity index (χ0n) is 22.1. The molecular formula is C28H33F3N6O. The number of rotatable bonds is 6. The minimum atomic E-state index is -4.15. The maximum atomic E-state index is 12.7. The summed E-state index contributed by atoms with van der Waals surface area (Å²) in [6.45, 7) is 8.65. The van der Waals surface area contributed by atoms with Gasteiger partial charge in [0.05, 0.1) is 12.6 Å². The number of likely N-dealkylation sites (tertiary alicyclic amines) is 1. The number of piperidine rings is 1. The van der Waals surface area contributed by atoms with E-state index in [2.05, 4.69) is 22.8 Å². The highest BCUT2D eigenvalue weighted by molar-refractivity contribution is 6.00. The molecule has 38 heavy (non-hydrogen) atoms. The van der Waals surface area contributed by atoms with Crippen LogP contribution in [0.5, 0.6) is 0 Å². The van der Waals surface area contributed by atoms with Crippen LogP contribution in [0.25, 0.3) is 11.4 Å². The van der Waals surface area contributed by atoms with Gasteiger partial charge in [-0.05, 0) is 93.9 Å². The van der Waals surface area contributed by atoms with Gasteiger partial charge >= 0.3 is 6.18 Å². The van der Waals surface area contributed by atoms with Crippen LogP contribution in [0.2, 0.25) is 0 Å². The number of hydrogen-bond donors (Lipinski definition) is 2. The number of nitrogens with one attached hydrogen (secondary N) is 2. The zero-order valence-corrected chi connectivity index (χ0v) is 22.1. The van der Waals surface area contributed by atoms with Crippen LogP contribution in [0.3, 0.4) is 0 Å². The number of nitrogens with zero attached hydrogens (tertiary/aromatic N) is 4. The summed E-state index contributed by atoms with van der Waals surface area (Å²) in [6, 6.07) is 10.1. The number of alkyl halides is 3. The summed E-state index contributed by atoms with van der Waals surface area (Å²) < 4.78 is 40.0. The highest BCUT2D eigenvalue weighted by Gasteiger charge is 2.33. The van der Waals surface area contributed by atoms with E-state index >= 15 is 0 Å². The molecule has 0 spiro atoms. The number of amides is 1. The van der Waals surface area contributed by atoms with Crippen molar-refractivity contribution >= 4 is 17.5 Å². The maximum Gasteiger partial charge on any atom is 0.401 e. The van der Waals surface area contributed by atoms with E-state index in [1.165, 1.54) is 4.90 Å². The topological polar surface area (TPSA) is 75.1 Å². The Morgan fingerprint density at radius 1 is 1.08 bits per heavy atom. The Labute approximate surface area is 220 Å². The summed E-state index contributed by atoms with van der Waals surface area (Å²) in [7, 11) is 0. The molecule has 1 fully saturated rings. The lowest BCUT2D eigenvalue weighted by molar-refractivity contribution is -0.147. The fourth-order valence-corrected chi connectivity index (χ4v) is 5.53. The van der Waals surface area contributed by atoms with Crippen molar-refractivity contribution in [3.8, 4) is 11.4 Å². The van der Waals surface area contributed by atoms with E-state index in [0.717, 1.165) is 33.5 Å². The van der Waals surface area contributed by atoms with Crippen LogP contribution in [0.15, 0.2) is 30.3 Å². The van der Waals surface area contributed by atoms with Gasteiger partial charge in [-0.15, -0.1) is 5.10 Å². The maximum absolute atomic E-state index is 12.7. The van der Waals surface area contributed by atoms with E-state index in [1.54, 1.807) is 0 Å². The van der Waals surface area contributed by atoms with Gasteiger partial charge in [0.2, 0.25) is 5.95 Å². The van der Waals surface area contributed by atoms with E-state index in [9.17, 15) is 18.0 Å². The fourth-order valence-electron chi connectivity index (χ4n) is 5.53. The Balaban J connectivity index is 1.34. The minimum Gasteiger partial charge on any atom is -0.345 e. The lowest BCUT2D eigenvalue weighted by Gasteiger charge is -2.32. The van der Waals surface area contributed by atoms with Gasteiger partial charge in [0.15, 0.2) is 5.82 Å². The molecular weight excluding hydrogens is 493 g/mol. The van der Waals surface area contributed by atoms with Crippen molar-refractivity contribution in [3.05, 3.63) is 58.1 Å². The molecule has 1 saturated heterocycles. The van der Waals surface area contributed by atoms with Crippen LogP contribution in [-0.4, -0.2) is 51.4 Å². The molecule has 1 atom stereocenters. The standard InChI is InChI=1S/C28H33F3N6O/c1-5-37-27(33-24-14-22-18(4)32-26(38)23(22)13-17(24)3)34-25(35-37)21-7-6-20(12-16(21)2)19-8-10-36(11-9-19)15-28(29,30)31/h6-7,12-14,18-19H,5,8-11,15H2,1-4H3,(H,32,38)(H,33,34,35). The molecule has 10 heteroatoms. The van der Waals surface area contributed by atoms with Crippen molar-refractivity contribution in [2.75, 3.05) is 25.0 Å². The quantitative estimate of drug-likeness (QED) is 0.420. The first-order chi connectivity index (χ1) is 18.0. The van der Waals surface area contributed by atoms with Crippen LogP contribution in [-0.2, 0) is 6.54 Å². The van der Waals surface area contributed by atoms with Crippen molar-refractivity contribution in [1.82, 2.24) is 25.0 Å². The largest absolute Gasteiger partial charge is 0.401 e. The predicted molar refractivity (Wildman–Crippen MR) is 141 cm³/mol. The second kappa shape index (κ2) is 10.1. The molecule has 2 aliphatic heterocycles. The molecule has 0 aliphatic carbocycles. The van der Waals surface area contributed by atoms with Gasteiger partial charge in [-0.1, -0.05) is 18.2 Å². The molecule has 3 heterocycles. The summed E-state index contributed by atoms with van der Waals surface area (Å²) in [5.41, 5.74) is 6.60. The number of anilines is 2. The summed E-state index contributed by atoms with van der Waals surface area (Å²) in [6.07, 6.45) is -2.72. The zero-order chi connectivity index (χ0) is 27.2. The molecule has 1 aromatic heterocycles. The SMILES string of the molecule is CCn1nc(-c2ccc(C3CCN(CC(F)(F)F)CC3)cc2C)nc1Nc1cc2c(cc1C)C(=O)NC2C. The molecule has 1 amide bonds. The Kier molecular flexibility index (Phi) is 6.94. The van der Waals surface area contributed by atoms with E-state index in [-0.39, 0.29) is 17.9 Å².